The molecule has 0 saturated heterocycles. The Labute approximate surface area is 206 Å². The van der Waals surface area contributed by atoms with Gasteiger partial charge in [0.2, 0.25) is 0 Å². The molecule has 0 saturated carbocycles. The number of nitrogen functional groups attached to an aromatic ring is 2. The van der Waals surface area contributed by atoms with E-state index in [1.54, 1.807) is 24.3 Å². The molecule has 0 spiro atoms. The van der Waals surface area contributed by atoms with Crippen molar-refractivity contribution in [3.8, 4) is 11.1 Å². The molecule has 0 atom stereocenters. The molecule has 0 fully saturated rings. The third-order valence-corrected chi connectivity index (χ3v) is 5.38. The van der Waals surface area contributed by atoms with Gasteiger partial charge in [-0.05, 0) is 70.8 Å². The number of halogens is 2. The van der Waals surface area contributed by atoms with Crippen LogP contribution < -0.4 is 11.5 Å². The third kappa shape index (κ3) is 5.85. The minimum atomic E-state index is -0.677. The van der Waals surface area contributed by atoms with E-state index in [-0.39, 0.29) is 24.3 Å². The van der Waals surface area contributed by atoms with Crippen LogP contribution in [-0.4, -0.2) is 11.9 Å². The van der Waals surface area contributed by atoms with Gasteiger partial charge in [0, 0.05) is 11.4 Å². The fourth-order valence-corrected chi connectivity index (χ4v) is 3.55. The molecular formula is C28H22F2N2O4. The highest BCUT2D eigenvalue weighted by Gasteiger charge is 2.21. The van der Waals surface area contributed by atoms with E-state index in [0.29, 0.717) is 33.6 Å². The number of nitrogens with two attached hydrogens (primary N) is 2. The molecule has 0 aromatic heterocycles. The van der Waals surface area contributed by atoms with Crippen LogP contribution in [-0.2, 0) is 22.7 Å². The minimum Gasteiger partial charge on any atom is -0.457 e. The highest BCUT2D eigenvalue weighted by Crippen LogP contribution is 2.31. The maximum atomic E-state index is 13.2. The van der Waals surface area contributed by atoms with Gasteiger partial charge in [0.15, 0.2) is 0 Å². The normalized spacial score (nSPS) is 10.6. The monoisotopic (exact) mass is 488 g/mol. The van der Waals surface area contributed by atoms with Gasteiger partial charge in [0.25, 0.3) is 0 Å². The summed E-state index contributed by atoms with van der Waals surface area (Å²) in [6.07, 6.45) is 0. The van der Waals surface area contributed by atoms with Gasteiger partial charge in [-0.3, -0.25) is 0 Å². The lowest BCUT2D eigenvalue weighted by Crippen LogP contribution is -2.11. The van der Waals surface area contributed by atoms with Crippen LogP contribution in [0.5, 0.6) is 0 Å². The molecule has 0 aliphatic heterocycles. The standard InChI is InChI=1S/C28H22F2N2O4/c29-19-5-1-17(2-6-19)15-35-27(33)25-13-21(31)9-11-23(25)24-12-10-22(32)14-26(24)28(34)36-16-18-3-7-20(30)8-4-18/h1-14H,15-16,31-32H2. The highest BCUT2D eigenvalue weighted by atomic mass is 19.1. The fraction of sp³-hybridized carbons (Fsp3) is 0.0714. The SMILES string of the molecule is Nc1ccc(-c2ccc(N)cc2C(=O)OCc2ccc(F)cc2)c(C(=O)OCc2ccc(F)cc2)c1. The average molecular weight is 488 g/mol. The molecular weight excluding hydrogens is 466 g/mol. The lowest BCUT2D eigenvalue weighted by Gasteiger charge is -2.15. The second-order valence-electron chi connectivity index (χ2n) is 8.02. The largest absolute Gasteiger partial charge is 0.457 e. The van der Waals surface area contributed by atoms with Gasteiger partial charge in [0.1, 0.15) is 24.8 Å². The van der Waals surface area contributed by atoms with Crippen molar-refractivity contribution in [3.05, 3.63) is 119 Å². The molecule has 8 heteroatoms. The van der Waals surface area contributed by atoms with Gasteiger partial charge in [-0.1, -0.05) is 36.4 Å². The number of esters is 2. The predicted molar refractivity (Wildman–Crippen MR) is 132 cm³/mol. The molecule has 6 nitrogen and oxygen atoms in total. The van der Waals surface area contributed by atoms with Crippen molar-refractivity contribution in [2.45, 2.75) is 13.2 Å². The van der Waals surface area contributed by atoms with Crippen LogP contribution in [0, 0.1) is 11.6 Å². The van der Waals surface area contributed by atoms with Crippen molar-refractivity contribution in [1.82, 2.24) is 0 Å². The molecule has 0 amide bonds. The summed E-state index contributed by atoms with van der Waals surface area (Å²) in [6, 6.07) is 20.4. The number of ether oxygens (including phenoxy) is 2. The zero-order valence-corrected chi connectivity index (χ0v) is 19.0. The summed E-state index contributed by atoms with van der Waals surface area (Å²) in [5, 5.41) is 0. The summed E-state index contributed by atoms with van der Waals surface area (Å²) in [4.78, 5) is 26.0. The molecule has 182 valence electrons. The first-order chi connectivity index (χ1) is 17.3. The molecule has 0 heterocycles. The van der Waals surface area contributed by atoms with Crippen LogP contribution in [0.25, 0.3) is 11.1 Å². The van der Waals surface area contributed by atoms with Crippen molar-refractivity contribution in [1.29, 1.82) is 0 Å². The van der Waals surface area contributed by atoms with Gasteiger partial charge >= 0.3 is 11.9 Å². The van der Waals surface area contributed by atoms with Crippen molar-refractivity contribution in [3.63, 3.8) is 0 Å². The molecule has 0 aliphatic carbocycles. The molecule has 0 unspecified atom stereocenters. The number of carbonyl (C=O) groups is 2. The Balaban J connectivity index is 1.61. The van der Waals surface area contributed by atoms with Crippen LogP contribution in [0.4, 0.5) is 20.2 Å². The number of carbonyl (C=O) groups excluding carboxylic acids is 2. The molecule has 0 radical (unpaired) electrons. The lowest BCUT2D eigenvalue weighted by atomic mass is 9.94. The second kappa shape index (κ2) is 10.7. The molecule has 4 N–H and O–H groups in total. The fourth-order valence-electron chi connectivity index (χ4n) is 3.55. The van der Waals surface area contributed by atoms with E-state index >= 15 is 0 Å². The Morgan fingerprint density at radius 1 is 0.583 bits per heavy atom. The number of benzene rings is 4. The molecule has 0 aliphatic rings. The van der Waals surface area contributed by atoms with E-state index in [0.717, 1.165) is 0 Å². The zero-order chi connectivity index (χ0) is 25.7. The molecule has 4 rings (SSSR count). The van der Waals surface area contributed by atoms with Crippen LogP contribution in [0.2, 0.25) is 0 Å². The van der Waals surface area contributed by atoms with E-state index in [9.17, 15) is 18.4 Å². The number of rotatable bonds is 7. The van der Waals surface area contributed by atoms with Gasteiger partial charge in [-0.25, -0.2) is 18.4 Å². The first-order valence-electron chi connectivity index (χ1n) is 10.9. The summed E-state index contributed by atoms with van der Waals surface area (Å²) < 4.78 is 37.1. The average Bonchev–Trinajstić information content (AvgIpc) is 2.88. The van der Waals surface area contributed by atoms with Crippen LogP contribution >= 0.6 is 0 Å². The summed E-state index contributed by atoms with van der Waals surface area (Å²) >= 11 is 0. The first-order valence-corrected chi connectivity index (χ1v) is 10.9. The Kier molecular flexibility index (Phi) is 7.25. The smallest absolute Gasteiger partial charge is 0.339 e. The lowest BCUT2D eigenvalue weighted by molar-refractivity contribution is 0.0462. The minimum absolute atomic E-state index is 0.0817. The summed E-state index contributed by atoms with van der Waals surface area (Å²) in [6.45, 7) is -0.163. The Morgan fingerprint density at radius 3 is 1.31 bits per heavy atom. The van der Waals surface area contributed by atoms with Crippen molar-refractivity contribution >= 4 is 23.3 Å². The maximum absolute atomic E-state index is 13.2. The van der Waals surface area contributed by atoms with Crippen LogP contribution in [0.15, 0.2) is 84.9 Å². The third-order valence-electron chi connectivity index (χ3n) is 5.38. The van der Waals surface area contributed by atoms with Gasteiger partial charge in [-0.2, -0.15) is 0 Å². The molecule has 0 bridgehead atoms. The zero-order valence-electron chi connectivity index (χ0n) is 19.0. The summed E-state index contributed by atoms with van der Waals surface area (Å²) in [5.74, 6) is -2.15. The number of anilines is 2. The Morgan fingerprint density at radius 2 is 0.944 bits per heavy atom. The second-order valence-corrected chi connectivity index (χ2v) is 8.02. The van der Waals surface area contributed by atoms with Crippen molar-refractivity contribution in [2.24, 2.45) is 0 Å². The van der Waals surface area contributed by atoms with Crippen molar-refractivity contribution < 1.29 is 27.8 Å². The quantitative estimate of drug-likeness (QED) is 0.263. The topological polar surface area (TPSA) is 105 Å². The summed E-state index contributed by atoms with van der Waals surface area (Å²) in [5.41, 5.74) is 14.8. The van der Waals surface area contributed by atoms with Crippen LogP contribution in [0.3, 0.4) is 0 Å². The van der Waals surface area contributed by atoms with Crippen molar-refractivity contribution in [2.75, 3.05) is 11.5 Å². The van der Waals surface area contributed by atoms with Crippen LogP contribution in [0.1, 0.15) is 31.8 Å². The van der Waals surface area contributed by atoms with E-state index in [2.05, 4.69) is 0 Å². The molecule has 4 aromatic rings. The molecule has 4 aromatic carbocycles. The summed E-state index contributed by atoms with van der Waals surface area (Å²) in [7, 11) is 0. The predicted octanol–water partition coefficient (Wildman–Crippen LogP) is 5.51. The van der Waals surface area contributed by atoms with Gasteiger partial charge < -0.3 is 20.9 Å². The molecule has 36 heavy (non-hydrogen) atoms. The van der Waals surface area contributed by atoms with E-state index in [1.807, 2.05) is 0 Å². The highest BCUT2D eigenvalue weighted by molar-refractivity contribution is 6.04. The van der Waals surface area contributed by atoms with Gasteiger partial charge in [0.05, 0.1) is 11.1 Å². The van der Waals surface area contributed by atoms with E-state index in [1.165, 1.54) is 60.7 Å². The number of hydrogen-bond acceptors (Lipinski definition) is 6. The Bertz CT molecular complexity index is 1300. The number of hydrogen-bond donors (Lipinski definition) is 2. The van der Waals surface area contributed by atoms with Gasteiger partial charge in [-0.15, -0.1) is 0 Å². The Hall–Kier alpha value is -4.72. The maximum Gasteiger partial charge on any atom is 0.339 e. The van der Waals surface area contributed by atoms with E-state index < -0.39 is 23.6 Å². The van der Waals surface area contributed by atoms with E-state index in [4.69, 9.17) is 20.9 Å². The first kappa shape index (κ1) is 24.4.